The van der Waals surface area contributed by atoms with Crippen LogP contribution in [0.25, 0.3) is 16.5 Å². The third-order valence-electron chi connectivity index (χ3n) is 3.31. The second kappa shape index (κ2) is 6.41. The lowest BCUT2D eigenvalue weighted by molar-refractivity contribution is 0.104. The summed E-state index contributed by atoms with van der Waals surface area (Å²) < 4.78 is 0. The van der Waals surface area contributed by atoms with E-state index < -0.39 is 0 Å². The van der Waals surface area contributed by atoms with Crippen LogP contribution in [0.3, 0.4) is 0 Å². The predicted octanol–water partition coefficient (Wildman–Crippen LogP) is 5.02. The number of carbonyl (C=O) groups excluding carboxylic acids is 1. The van der Waals surface area contributed by atoms with Gasteiger partial charge in [0.05, 0.1) is 0 Å². The van der Waals surface area contributed by atoms with Crippen LogP contribution in [0.2, 0.25) is 0 Å². The van der Waals surface area contributed by atoms with Crippen molar-refractivity contribution < 1.29 is 9.90 Å². The molecule has 0 aliphatic carbocycles. The van der Waals surface area contributed by atoms with E-state index in [-0.39, 0.29) is 11.5 Å². The Kier molecular flexibility index (Phi) is 4.17. The van der Waals surface area contributed by atoms with Crippen molar-refractivity contribution in [2.75, 3.05) is 0 Å². The molecule has 22 heavy (non-hydrogen) atoms. The van der Waals surface area contributed by atoms with Crippen LogP contribution in [0.1, 0.15) is 15.9 Å². The molecule has 0 radical (unpaired) electrons. The average Bonchev–Trinajstić information content (AvgIpc) is 3.08. The van der Waals surface area contributed by atoms with Gasteiger partial charge in [0.15, 0.2) is 5.78 Å². The lowest BCUT2D eigenvalue weighted by atomic mass is 10.0. The number of benzene rings is 2. The maximum atomic E-state index is 12.2. The van der Waals surface area contributed by atoms with E-state index in [9.17, 15) is 9.90 Å². The van der Waals surface area contributed by atoms with Crippen molar-refractivity contribution in [2.45, 2.75) is 0 Å². The van der Waals surface area contributed by atoms with Crippen LogP contribution in [0, 0.1) is 0 Å². The van der Waals surface area contributed by atoms with Crippen LogP contribution in [-0.2, 0) is 0 Å². The molecule has 108 valence electrons. The first kappa shape index (κ1) is 14.3. The molecule has 3 rings (SSSR count). The van der Waals surface area contributed by atoms with Gasteiger partial charge in [-0.15, -0.1) is 11.3 Å². The Morgan fingerprint density at radius 1 is 0.955 bits per heavy atom. The highest BCUT2D eigenvalue weighted by molar-refractivity contribution is 7.13. The molecule has 0 bridgehead atoms. The Morgan fingerprint density at radius 2 is 1.73 bits per heavy atom. The number of hydrogen-bond acceptors (Lipinski definition) is 3. The second-order valence-corrected chi connectivity index (χ2v) is 5.76. The van der Waals surface area contributed by atoms with E-state index in [0.717, 1.165) is 11.1 Å². The Hall–Kier alpha value is -2.65. The van der Waals surface area contributed by atoms with Crippen molar-refractivity contribution in [3.8, 4) is 16.2 Å². The maximum Gasteiger partial charge on any atom is 0.185 e. The van der Waals surface area contributed by atoms with Gasteiger partial charge in [-0.2, -0.15) is 0 Å². The highest BCUT2D eigenvalue weighted by Gasteiger charge is 2.05. The summed E-state index contributed by atoms with van der Waals surface area (Å²) >= 11 is 1.68. The van der Waals surface area contributed by atoms with Crippen molar-refractivity contribution in [3.05, 3.63) is 83.2 Å². The van der Waals surface area contributed by atoms with Gasteiger partial charge in [0.1, 0.15) is 5.75 Å². The lowest BCUT2D eigenvalue weighted by Crippen LogP contribution is -1.93. The molecule has 0 spiro atoms. The molecular weight excluding hydrogens is 292 g/mol. The van der Waals surface area contributed by atoms with Crippen LogP contribution >= 0.6 is 11.3 Å². The summed E-state index contributed by atoms with van der Waals surface area (Å²) in [7, 11) is 0. The molecule has 3 heteroatoms. The molecule has 1 heterocycles. The number of phenols is 1. The first-order valence-corrected chi connectivity index (χ1v) is 7.76. The lowest BCUT2D eigenvalue weighted by Gasteiger charge is -2.03. The van der Waals surface area contributed by atoms with Crippen molar-refractivity contribution >= 4 is 23.2 Å². The summed E-state index contributed by atoms with van der Waals surface area (Å²) in [5.41, 5.74) is 2.69. The van der Waals surface area contributed by atoms with E-state index in [1.807, 2.05) is 35.7 Å². The van der Waals surface area contributed by atoms with Gasteiger partial charge in [0.2, 0.25) is 0 Å². The fraction of sp³-hybridized carbons (Fsp3) is 0. The summed E-state index contributed by atoms with van der Waals surface area (Å²) in [5, 5.41) is 11.3. The zero-order valence-corrected chi connectivity index (χ0v) is 12.6. The van der Waals surface area contributed by atoms with E-state index in [1.54, 1.807) is 29.5 Å². The van der Waals surface area contributed by atoms with E-state index in [4.69, 9.17) is 0 Å². The third-order valence-corrected chi connectivity index (χ3v) is 4.22. The Morgan fingerprint density at radius 3 is 2.45 bits per heavy atom. The van der Waals surface area contributed by atoms with Crippen LogP contribution in [0.5, 0.6) is 5.75 Å². The molecule has 0 saturated heterocycles. The quantitative estimate of drug-likeness (QED) is 0.543. The molecule has 1 N–H and O–H groups in total. The minimum atomic E-state index is -0.0824. The van der Waals surface area contributed by atoms with Gasteiger partial charge in [0, 0.05) is 10.4 Å². The average molecular weight is 306 g/mol. The number of thiophene rings is 1. The van der Waals surface area contributed by atoms with Crippen molar-refractivity contribution in [1.82, 2.24) is 0 Å². The van der Waals surface area contributed by atoms with Crippen molar-refractivity contribution in [2.24, 2.45) is 0 Å². The Balaban J connectivity index is 1.87. The Labute approximate surface area is 133 Å². The van der Waals surface area contributed by atoms with Crippen LogP contribution in [0.4, 0.5) is 0 Å². The molecule has 0 atom stereocenters. The molecule has 0 amide bonds. The molecule has 2 aromatic carbocycles. The molecule has 0 aliphatic rings. The van der Waals surface area contributed by atoms with Crippen molar-refractivity contribution in [1.29, 1.82) is 0 Å². The summed E-state index contributed by atoms with van der Waals surface area (Å²) in [6.07, 6.45) is 3.41. The summed E-state index contributed by atoms with van der Waals surface area (Å²) in [6.45, 7) is 0. The minimum absolute atomic E-state index is 0.0824. The summed E-state index contributed by atoms with van der Waals surface area (Å²) in [4.78, 5) is 13.3. The largest absolute Gasteiger partial charge is 0.508 e. The topological polar surface area (TPSA) is 37.3 Å². The molecule has 1 aromatic heterocycles. The zero-order valence-electron chi connectivity index (χ0n) is 11.8. The van der Waals surface area contributed by atoms with Gasteiger partial charge >= 0.3 is 0 Å². The SMILES string of the molecule is O=C(C=Cc1ccccc1-c1cccs1)c1ccc(O)cc1. The smallest absolute Gasteiger partial charge is 0.185 e. The summed E-state index contributed by atoms with van der Waals surface area (Å²) in [6, 6.07) is 18.4. The first-order valence-electron chi connectivity index (χ1n) is 6.88. The van der Waals surface area contributed by atoms with Gasteiger partial charge in [0.25, 0.3) is 0 Å². The fourth-order valence-electron chi connectivity index (χ4n) is 2.19. The van der Waals surface area contributed by atoms with Crippen LogP contribution < -0.4 is 0 Å². The molecular formula is C19H14O2S. The van der Waals surface area contributed by atoms with Gasteiger partial charge in [-0.1, -0.05) is 36.4 Å². The fourth-order valence-corrected chi connectivity index (χ4v) is 2.96. The number of phenolic OH excluding ortho intramolecular Hbond substituents is 1. The van der Waals surface area contributed by atoms with Crippen molar-refractivity contribution in [3.63, 3.8) is 0 Å². The Bertz CT molecular complexity index is 800. The molecule has 2 nitrogen and oxygen atoms in total. The van der Waals surface area contributed by atoms with Gasteiger partial charge < -0.3 is 5.11 Å². The molecule has 0 fully saturated rings. The monoisotopic (exact) mass is 306 g/mol. The molecule has 0 aliphatic heterocycles. The van der Waals surface area contributed by atoms with Gasteiger partial charge in [-0.3, -0.25) is 4.79 Å². The highest BCUT2D eigenvalue weighted by Crippen LogP contribution is 2.28. The van der Waals surface area contributed by atoms with E-state index in [0.29, 0.717) is 5.56 Å². The molecule has 0 unspecified atom stereocenters. The number of ketones is 1. The van der Waals surface area contributed by atoms with Gasteiger partial charge in [-0.25, -0.2) is 0 Å². The number of allylic oxidation sites excluding steroid dienone is 1. The number of rotatable bonds is 4. The highest BCUT2D eigenvalue weighted by atomic mass is 32.1. The molecule has 3 aromatic rings. The predicted molar refractivity (Wildman–Crippen MR) is 91.2 cm³/mol. The number of aromatic hydroxyl groups is 1. The van der Waals surface area contributed by atoms with E-state index >= 15 is 0 Å². The zero-order chi connectivity index (χ0) is 15.4. The molecule has 0 saturated carbocycles. The van der Waals surface area contributed by atoms with Gasteiger partial charge in [-0.05, 0) is 52.9 Å². The van der Waals surface area contributed by atoms with Crippen LogP contribution in [0.15, 0.2) is 72.1 Å². The minimum Gasteiger partial charge on any atom is -0.508 e. The number of carbonyl (C=O) groups is 1. The van der Waals surface area contributed by atoms with E-state index in [1.165, 1.54) is 17.0 Å². The second-order valence-electron chi connectivity index (χ2n) is 4.81. The van der Waals surface area contributed by atoms with E-state index in [2.05, 4.69) is 12.1 Å². The maximum absolute atomic E-state index is 12.2. The van der Waals surface area contributed by atoms with Crippen LogP contribution in [-0.4, -0.2) is 10.9 Å². The normalized spacial score (nSPS) is 10.9. The first-order chi connectivity index (χ1) is 10.7. The number of hydrogen-bond donors (Lipinski definition) is 1. The third kappa shape index (κ3) is 3.15. The summed E-state index contributed by atoms with van der Waals surface area (Å²) in [5.74, 6) is 0.0737. The standard InChI is InChI=1S/C19H14O2S/c20-16-10-7-15(8-11-16)18(21)12-9-14-4-1-2-5-17(14)19-6-3-13-22-19/h1-13,20H.